The zero-order valence-corrected chi connectivity index (χ0v) is 11.8. The number of rotatable bonds is 6. The number of aromatic nitrogens is 1. The van der Waals surface area contributed by atoms with Crippen molar-refractivity contribution in [2.24, 2.45) is 0 Å². The van der Waals surface area contributed by atoms with Gasteiger partial charge in [0, 0.05) is 11.8 Å². The molecule has 4 heteroatoms. The first-order valence-electron chi connectivity index (χ1n) is 6.84. The lowest BCUT2D eigenvalue weighted by molar-refractivity contribution is 0.0521. The Balaban J connectivity index is 2.19. The Morgan fingerprint density at radius 1 is 1.15 bits per heavy atom. The van der Waals surface area contributed by atoms with Crippen molar-refractivity contribution in [1.82, 2.24) is 4.98 Å². The minimum absolute atomic E-state index is 0.334. The highest BCUT2D eigenvalue weighted by Crippen LogP contribution is 2.25. The number of carbonyl (C=O) groups is 1. The number of H-pyrrole nitrogens is 1. The van der Waals surface area contributed by atoms with Gasteiger partial charge < -0.3 is 14.5 Å². The molecule has 0 aliphatic heterocycles. The van der Waals surface area contributed by atoms with Crippen molar-refractivity contribution in [1.29, 1.82) is 0 Å². The number of nitrogens with one attached hydrogen (secondary N) is 1. The van der Waals surface area contributed by atoms with Crippen LogP contribution in [0.1, 0.15) is 30.8 Å². The van der Waals surface area contributed by atoms with Gasteiger partial charge in [0.1, 0.15) is 11.4 Å². The fraction of sp³-hybridized carbons (Fsp3) is 0.312. The molecule has 0 aliphatic rings. The fourth-order valence-corrected chi connectivity index (χ4v) is 1.93. The molecule has 1 aromatic carbocycles. The summed E-state index contributed by atoms with van der Waals surface area (Å²) in [6.07, 6.45) is 2.72. The van der Waals surface area contributed by atoms with E-state index >= 15 is 0 Å². The normalized spacial score (nSPS) is 10.3. The Morgan fingerprint density at radius 2 is 1.90 bits per heavy atom. The second-order valence-electron chi connectivity index (χ2n) is 4.36. The van der Waals surface area contributed by atoms with E-state index in [0.717, 1.165) is 23.3 Å². The predicted octanol–water partition coefficient (Wildman–Crippen LogP) is 3.65. The van der Waals surface area contributed by atoms with Crippen molar-refractivity contribution >= 4 is 5.97 Å². The number of benzene rings is 1. The summed E-state index contributed by atoms with van der Waals surface area (Å²) in [5, 5.41) is 0. The van der Waals surface area contributed by atoms with Gasteiger partial charge in [0.2, 0.25) is 0 Å². The molecule has 0 aliphatic carbocycles. The van der Waals surface area contributed by atoms with E-state index in [9.17, 15) is 4.79 Å². The summed E-state index contributed by atoms with van der Waals surface area (Å²) in [5.41, 5.74) is 2.28. The van der Waals surface area contributed by atoms with Crippen LogP contribution in [0.5, 0.6) is 5.75 Å². The van der Waals surface area contributed by atoms with Crippen LogP contribution in [-0.4, -0.2) is 24.2 Å². The monoisotopic (exact) mass is 273 g/mol. The molecule has 106 valence electrons. The summed E-state index contributed by atoms with van der Waals surface area (Å²) < 4.78 is 10.6. The minimum Gasteiger partial charge on any atom is -0.494 e. The zero-order chi connectivity index (χ0) is 14.4. The summed E-state index contributed by atoms with van der Waals surface area (Å²) in [4.78, 5) is 14.8. The Kier molecular flexibility index (Phi) is 4.82. The highest BCUT2D eigenvalue weighted by molar-refractivity contribution is 5.95. The largest absolute Gasteiger partial charge is 0.494 e. The van der Waals surface area contributed by atoms with Crippen LogP contribution in [0.4, 0.5) is 0 Å². The van der Waals surface area contributed by atoms with Gasteiger partial charge in [-0.15, -0.1) is 0 Å². The molecular formula is C16H19NO3. The van der Waals surface area contributed by atoms with Crippen molar-refractivity contribution in [3.8, 4) is 16.9 Å². The molecule has 0 amide bonds. The molecule has 1 aromatic heterocycles. The van der Waals surface area contributed by atoms with E-state index in [-0.39, 0.29) is 5.97 Å². The van der Waals surface area contributed by atoms with Gasteiger partial charge in [0.25, 0.3) is 0 Å². The van der Waals surface area contributed by atoms with Gasteiger partial charge in [-0.05, 0) is 37.1 Å². The number of ether oxygens (including phenoxy) is 2. The van der Waals surface area contributed by atoms with Crippen LogP contribution in [0.2, 0.25) is 0 Å². The van der Waals surface area contributed by atoms with Gasteiger partial charge in [0.15, 0.2) is 0 Å². The van der Waals surface area contributed by atoms with Gasteiger partial charge in [-0.2, -0.15) is 0 Å². The molecule has 0 radical (unpaired) electrons. The average Bonchev–Trinajstić information content (AvgIpc) is 2.95. The van der Waals surface area contributed by atoms with Crippen LogP contribution in [0.15, 0.2) is 36.5 Å². The second-order valence-corrected chi connectivity index (χ2v) is 4.36. The molecule has 20 heavy (non-hydrogen) atoms. The number of carbonyl (C=O) groups excluding carboxylic acids is 1. The van der Waals surface area contributed by atoms with E-state index in [2.05, 4.69) is 11.9 Å². The van der Waals surface area contributed by atoms with Crippen molar-refractivity contribution in [2.45, 2.75) is 20.3 Å². The van der Waals surface area contributed by atoms with Crippen LogP contribution in [0, 0.1) is 0 Å². The molecule has 1 heterocycles. The van der Waals surface area contributed by atoms with E-state index in [0.29, 0.717) is 18.9 Å². The molecular weight excluding hydrogens is 254 g/mol. The van der Waals surface area contributed by atoms with E-state index in [1.54, 1.807) is 13.1 Å². The Morgan fingerprint density at radius 3 is 2.55 bits per heavy atom. The summed E-state index contributed by atoms with van der Waals surface area (Å²) in [6, 6.07) is 9.57. The Bertz CT molecular complexity index is 557. The molecule has 2 rings (SSSR count). The van der Waals surface area contributed by atoms with Crippen LogP contribution >= 0.6 is 0 Å². The Labute approximate surface area is 118 Å². The molecule has 0 spiro atoms. The summed E-state index contributed by atoms with van der Waals surface area (Å²) in [7, 11) is 0. The maximum atomic E-state index is 11.8. The molecule has 0 fully saturated rings. The topological polar surface area (TPSA) is 51.3 Å². The molecule has 0 saturated carbocycles. The van der Waals surface area contributed by atoms with Crippen LogP contribution < -0.4 is 4.74 Å². The average molecular weight is 273 g/mol. The third-order valence-corrected chi connectivity index (χ3v) is 2.86. The number of hydrogen-bond acceptors (Lipinski definition) is 3. The Hall–Kier alpha value is -2.23. The number of aromatic amines is 1. The lowest BCUT2D eigenvalue weighted by Crippen LogP contribution is -2.06. The first kappa shape index (κ1) is 14.2. The van der Waals surface area contributed by atoms with Crippen molar-refractivity contribution in [2.75, 3.05) is 13.2 Å². The molecule has 0 unspecified atom stereocenters. The first-order valence-corrected chi connectivity index (χ1v) is 6.84. The van der Waals surface area contributed by atoms with Gasteiger partial charge in [0.05, 0.1) is 13.2 Å². The summed E-state index contributed by atoms with van der Waals surface area (Å²) in [6.45, 7) is 4.93. The molecule has 2 aromatic rings. The molecule has 1 N–H and O–H groups in total. The van der Waals surface area contributed by atoms with Crippen LogP contribution in [-0.2, 0) is 4.74 Å². The van der Waals surface area contributed by atoms with E-state index < -0.39 is 0 Å². The highest BCUT2D eigenvalue weighted by atomic mass is 16.5. The lowest BCUT2D eigenvalue weighted by atomic mass is 10.1. The summed E-state index contributed by atoms with van der Waals surface area (Å²) in [5.74, 6) is 0.502. The van der Waals surface area contributed by atoms with Gasteiger partial charge in [-0.1, -0.05) is 19.1 Å². The van der Waals surface area contributed by atoms with E-state index in [1.165, 1.54) is 0 Å². The van der Waals surface area contributed by atoms with Gasteiger partial charge >= 0.3 is 5.97 Å². The third kappa shape index (κ3) is 3.20. The van der Waals surface area contributed by atoms with Crippen molar-refractivity contribution in [3.05, 3.63) is 42.2 Å². The molecule has 0 bridgehead atoms. The van der Waals surface area contributed by atoms with Gasteiger partial charge in [-0.25, -0.2) is 4.79 Å². The number of esters is 1. The maximum Gasteiger partial charge on any atom is 0.355 e. The molecule has 0 atom stereocenters. The van der Waals surface area contributed by atoms with E-state index in [1.807, 2.05) is 30.3 Å². The first-order chi connectivity index (χ1) is 9.76. The predicted molar refractivity (Wildman–Crippen MR) is 78.0 cm³/mol. The highest BCUT2D eigenvalue weighted by Gasteiger charge is 2.14. The van der Waals surface area contributed by atoms with Crippen LogP contribution in [0.3, 0.4) is 0 Å². The quantitative estimate of drug-likeness (QED) is 0.817. The van der Waals surface area contributed by atoms with Gasteiger partial charge in [-0.3, -0.25) is 0 Å². The van der Waals surface area contributed by atoms with Crippen LogP contribution in [0.25, 0.3) is 11.1 Å². The van der Waals surface area contributed by atoms with E-state index in [4.69, 9.17) is 9.47 Å². The zero-order valence-electron chi connectivity index (χ0n) is 11.8. The van der Waals surface area contributed by atoms with Crippen molar-refractivity contribution in [3.63, 3.8) is 0 Å². The standard InChI is InChI=1S/C16H19NO3/c1-3-11-20-13-7-5-12(6-8-13)14-9-10-17-15(14)16(18)19-4-2/h5-10,17H,3-4,11H2,1-2H3. The number of hydrogen-bond donors (Lipinski definition) is 1. The second kappa shape index (κ2) is 6.80. The third-order valence-electron chi connectivity index (χ3n) is 2.86. The molecule has 0 saturated heterocycles. The SMILES string of the molecule is CCCOc1ccc(-c2cc[nH]c2C(=O)OCC)cc1. The minimum atomic E-state index is -0.334. The summed E-state index contributed by atoms with van der Waals surface area (Å²) >= 11 is 0. The maximum absolute atomic E-state index is 11.8. The lowest BCUT2D eigenvalue weighted by Gasteiger charge is -2.07. The van der Waals surface area contributed by atoms with Crippen molar-refractivity contribution < 1.29 is 14.3 Å². The molecule has 4 nitrogen and oxygen atoms in total. The fourth-order valence-electron chi connectivity index (χ4n) is 1.93. The smallest absolute Gasteiger partial charge is 0.355 e.